The second kappa shape index (κ2) is 17.6. The van der Waals surface area contributed by atoms with E-state index < -0.39 is 11.9 Å². The molecule has 0 saturated heterocycles. The molecule has 8 rings (SSSR count). The average molecular weight is 763 g/mol. The number of nitrogens with zero attached hydrogens (tertiary/aromatic N) is 2. The van der Waals surface area contributed by atoms with Crippen LogP contribution in [0.2, 0.25) is 0 Å². The molecule has 14 nitrogen and oxygen atoms in total. The number of fused-ring (bicyclic) bond motifs is 4. The molecule has 2 aliphatic heterocycles. The summed E-state index contributed by atoms with van der Waals surface area (Å²) in [5.41, 5.74) is 5.01. The first kappa shape index (κ1) is 36.8. The van der Waals surface area contributed by atoms with Crippen LogP contribution in [-0.2, 0) is 22.4 Å². The molecule has 290 valence electrons. The van der Waals surface area contributed by atoms with Crippen LogP contribution in [0.15, 0.2) is 94.4 Å². The third-order valence-electron chi connectivity index (χ3n) is 9.61. The molecule has 0 spiro atoms. The van der Waals surface area contributed by atoms with Gasteiger partial charge in [0, 0.05) is 37.4 Å². The van der Waals surface area contributed by atoms with Crippen molar-refractivity contribution in [1.82, 2.24) is 20.6 Å². The fraction of sp³-hybridized carbons (Fsp3) is 0.333. The Morgan fingerprint density at radius 1 is 0.607 bits per heavy atom. The highest BCUT2D eigenvalue weighted by molar-refractivity contribution is 6.31. The number of benzene rings is 4. The monoisotopic (exact) mass is 762 g/mol. The standard InChI is InChI=1S/C42H42N4O10/c47-41(55-31-7-3-27-5-9-33(53-37(27)21-31)23-43-15-1-17-49-29-11-13-35-39(19-29)51-25-45-35)42(48)56-32-8-4-28-6-10-34(54-38(28)22-32)24-44-16-2-18-50-30-12-14-36-40(20-30)52-26-46-36/h3-4,7-8,11-14,19-22,25-26,33-34,43-44H,1-2,5-6,9-10,15-18,23-24H2. The number of nitrogens with one attached hydrogen (secondary N) is 2. The summed E-state index contributed by atoms with van der Waals surface area (Å²) >= 11 is 0. The molecule has 56 heavy (non-hydrogen) atoms. The van der Waals surface area contributed by atoms with Gasteiger partial charge in [-0.15, -0.1) is 0 Å². The lowest BCUT2D eigenvalue weighted by Gasteiger charge is -2.27. The van der Waals surface area contributed by atoms with Crippen molar-refractivity contribution < 1.29 is 46.8 Å². The number of aromatic nitrogens is 2. The fourth-order valence-electron chi connectivity index (χ4n) is 6.67. The molecule has 0 aliphatic carbocycles. The van der Waals surface area contributed by atoms with Crippen LogP contribution < -0.4 is 39.1 Å². The molecular weight excluding hydrogens is 720 g/mol. The summed E-state index contributed by atoms with van der Waals surface area (Å²) in [5, 5.41) is 6.85. The topological polar surface area (TPSA) is 166 Å². The Bertz CT molecular complexity index is 2130. The Morgan fingerprint density at radius 3 is 1.55 bits per heavy atom. The van der Waals surface area contributed by atoms with Gasteiger partial charge >= 0.3 is 11.9 Å². The van der Waals surface area contributed by atoms with Crippen molar-refractivity contribution in [3.63, 3.8) is 0 Å². The van der Waals surface area contributed by atoms with E-state index in [0.29, 0.717) is 49.0 Å². The van der Waals surface area contributed by atoms with Gasteiger partial charge in [-0.2, -0.15) is 0 Å². The predicted octanol–water partition coefficient (Wildman–Crippen LogP) is 5.98. The summed E-state index contributed by atoms with van der Waals surface area (Å²) in [6.07, 6.45) is 7.69. The number of esters is 2. The Morgan fingerprint density at radius 2 is 1.07 bits per heavy atom. The number of aryl methyl sites for hydroxylation is 2. The predicted molar refractivity (Wildman–Crippen MR) is 204 cm³/mol. The molecule has 2 aromatic heterocycles. The second-order valence-electron chi connectivity index (χ2n) is 13.7. The quantitative estimate of drug-likeness (QED) is 0.0512. The SMILES string of the molecule is O=C(Oc1ccc2c(c1)OC(CNCCCOc1ccc3ncoc3c1)CC2)C(=O)Oc1ccc2c(c1)OC(CNCCCOc1ccc3ncoc3c1)CC2. The van der Waals surface area contributed by atoms with E-state index in [9.17, 15) is 9.59 Å². The van der Waals surface area contributed by atoms with E-state index in [4.69, 9.17) is 37.3 Å². The van der Waals surface area contributed by atoms with Crippen LogP contribution in [0.5, 0.6) is 34.5 Å². The highest BCUT2D eigenvalue weighted by Gasteiger charge is 2.25. The van der Waals surface area contributed by atoms with Crippen LogP contribution in [0.25, 0.3) is 22.2 Å². The van der Waals surface area contributed by atoms with Crippen molar-refractivity contribution in [2.24, 2.45) is 0 Å². The van der Waals surface area contributed by atoms with E-state index in [0.717, 1.165) is 85.3 Å². The minimum absolute atomic E-state index is 0.0532. The first-order chi connectivity index (χ1) is 27.5. The number of rotatable bonds is 16. The van der Waals surface area contributed by atoms with Gasteiger partial charge in [-0.1, -0.05) is 12.1 Å². The molecule has 6 aromatic rings. The smallest absolute Gasteiger partial charge is 0.423 e. The summed E-state index contributed by atoms with van der Waals surface area (Å²) in [7, 11) is 0. The van der Waals surface area contributed by atoms with Gasteiger partial charge in [0.2, 0.25) is 0 Å². The maximum atomic E-state index is 12.7. The number of carbonyl (C=O) groups excluding carboxylic acids is 2. The van der Waals surface area contributed by atoms with Crippen LogP contribution in [0, 0.1) is 0 Å². The van der Waals surface area contributed by atoms with Gasteiger partial charge in [0.05, 0.1) is 13.2 Å². The summed E-state index contributed by atoms with van der Waals surface area (Å²) in [4.78, 5) is 33.7. The molecule has 0 saturated carbocycles. The molecule has 0 bridgehead atoms. The number of carbonyl (C=O) groups is 2. The van der Waals surface area contributed by atoms with E-state index >= 15 is 0 Å². The lowest BCUT2D eigenvalue weighted by molar-refractivity contribution is -0.156. The zero-order chi connectivity index (χ0) is 38.1. The Labute approximate surface area is 322 Å². The van der Waals surface area contributed by atoms with Crippen LogP contribution in [0.3, 0.4) is 0 Å². The van der Waals surface area contributed by atoms with Gasteiger partial charge in [0.15, 0.2) is 24.0 Å². The molecule has 2 aliphatic rings. The van der Waals surface area contributed by atoms with Crippen molar-refractivity contribution >= 4 is 34.1 Å². The lowest BCUT2D eigenvalue weighted by Crippen LogP contribution is -2.35. The van der Waals surface area contributed by atoms with Gasteiger partial charge < -0.3 is 47.9 Å². The maximum absolute atomic E-state index is 12.7. The lowest BCUT2D eigenvalue weighted by atomic mass is 10.0. The van der Waals surface area contributed by atoms with E-state index in [1.165, 1.54) is 12.8 Å². The number of hydrogen-bond donors (Lipinski definition) is 2. The van der Waals surface area contributed by atoms with Crippen molar-refractivity contribution in [2.75, 3.05) is 39.4 Å². The van der Waals surface area contributed by atoms with Crippen LogP contribution >= 0.6 is 0 Å². The molecule has 0 amide bonds. The van der Waals surface area contributed by atoms with Crippen molar-refractivity contribution in [2.45, 2.75) is 50.7 Å². The van der Waals surface area contributed by atoms with Gasteiger partial charge in [-0.3, -0.25) is 0 Å². The van der Waals surface area contributed by atoms with Crippen LogP contribution in [0.1, 0.15) is 36.8 Å². The first-order valence-electron chi connectivity index (χ1n) is 18.9. The van der Waals surface area contributed by atoms with E-state index in [-0.39, 0.29) is 23.7 Å². The van der Waals surface area contributed by atoms with Crippen LogP contribution in [0.4, 0.5) is 0 Å². The second-order valence-corrected chi connectivity index (χ2v) is 13.7. The fourth-order valence-corrected chi connectivity index (χ4v) is 6.67. The number of hydrogen-bond acceptors (Lipinski definition) is 14. The molecular formula is C42H42N4O10. The molecule has 4 aromatic carbocycles. The Balaban J connectivity index is 0.733. The van der Waals surface area contributed by atoms with Gasteiger partial charge in [-0.05, 0) is 99.1 Å². The zero-order valence-electron chi connectivity index (χ0n) is 30.7. The Kier molecular flexibility index (Phi) is 11.6. The van der Waals surface area contributed by atoms with E-state index in [1.54, 1.807) is 24.3 Å². The third kappa shape index (κ3) is 9.39. The minimum Gasteiger partial charge on any atom is -0.493 e. The molecule has 2 unspecified atom stereocenters. The molecule has 0 fully saturated rings. The van der Waals surface area contributed by atoms with E-state index in [1.807, 2.05) is 48.5 Å². The molecule has 2 atom stereocenters. The summed E-state index contributed by atoms with van der Waals surface area (Å²) in [5.74, 6) is 0.859. The normalized spacial score (nSPS) is 16.0. The van der Waals surface area contributed by atoms with Gasteiger partial charge in [0.1, 0.15) is 57.7 Å². The number of ether oxygens (including phenoxy) is 6. The van der Waals surface area contributed by atoms with Gasteiger partial charge in [0.25, 0.3) is 0 Å². The molecule has 4 heterocycles. The largest absolute Gasteiger partial charge is 0.493 e. The van der Waals surface area contributed by atoms with E-state index in [2.05, 4.69) is 20.6 Å². The Hall–Kier alpha value is -6.12. The van der Waals surface area contributed by atoms with Crippen molar-refractivity contribution in [3.8, 4) is 34.5 Å². The summed E-state index contributed by atoms with van der Waals surface area (Å²) in [6, 6.07) is 21.4. The zero-order valence-corrected chi connectivity index (χ0v) is 30.7. The van der Waals surface area contributed by atoms with Crippen LogP contribution in [-0.4, -0.2) is 73.5 Å². The summed E-state index contributed by atoms with van der Waals surface area (Å²) in [6.45, 7) is 3.93. The average Bonchev–Trinajstić information content (AvgIpc) is 3.89. The highest BCUT2D eigenvalue weighted by atomic mass is 16.6. The minimum atomic E-state index is -1.13. The van der Waals surface area contributed by atoms with Crippen molar-refractivity contribution in [1.29, 1.82) is 0 Å². The molecule has 14 heteroatoms. The maximum Gasteiger partial charge on any atom is 0.423 e. The highest BCUT2D eigenvalue weighted by Crippen LogP contribution is 2.33. The third-order valence-corrected chi connectivity index (χ3v) is 9.61. The molecule has 2 N–H and O–H groups in total. The number of oxazole rings is 2. The van der Waals surface area contributed by atoms with Gasteiger partial charge in [-0.25, -0.2) is 19.6 Å². The molecule has 0 radical (unpaired) electrons. The first-order valence-corrected chi connectivity index (χ1v) is 18.9. The summed E-state index contributed by atoms with van der Waals surface area (Å²) < 4.78 is 45.5. The van der Waals surface area contributed by atoms with Crippen molar-refractivity contribution in [3.05, 3.63) is 96.7 Å².